The number of anilines is 3. The molecular weight excluding hydrogens is 565 g/mol. The molecule has 148 valence electrons. The Balaban J connectivity index is 0.00000218. The van der Waals surface area contributed by atoms with Gasteiger partial charge in [-0.05, 0) is 24.5 Å². The van der Waals surface area contributed by atoms with Gasteiger partial charge in [0.15, 0.2) is 0 Å². The molecule has 0 aliphatic carbocycles. The first-order valence-electron chi connectivity index (χ1n) is 8.44. The molecule has 0 fully saturated rings. The maximum absolute atomic E-state index is 4.53. The van der Waals surface area contributed by atoms with E-state index in [0.29, 0.717) is 23.3 Å². The van der Waals surface area contributed by atoms with Crippen LogP contribution in [0.1, 0.15) is 0 Å². The van der Waals surface area contributed by atoms with Crippen LogP contribution in [0.2, 0.25) is 0 Å². The maximum atomic E-state index is 4.53. The van der Waals surface area contributed by atoms with Gasteiger partial charge in [0.05, 0.1) is 5.69 Å². The van der Waals surface area contributed by atoms with Crippen LogP contribution in [0.4, 0.5) is 17.6 Å². The average molecular weight is 576 g/mol. The molecule has 0 spiro atoms. The molecule has 30 heavy (non-hydrogen) atoms. The standard InChI is InChI=1S/C18H11N11.Pt/c1-2-4-14(5-3-1)29(17-19-12-27(25-17)15-6-8-21-23-10-15)18-20-13-28(26-18)16-7-9-22-24-11-16;/h1-5,8-13H;/q-2;+2. The fourth-order valence-corrected chi connectivity index (χ4v) is 2.60. The number of benzene rings is 1. The number of aromatic nitrogens is 10. The van der Waals surface area contributed by atoms with Crippen molar-refractivity contribution in [1.82, 2.24) is 49.9 Å². The maximum Gasteiger partial charge on any atom is 2.00 e. The van der Waals surface area contributed by atoms with Crippen molar-refractivity contribution in [1.29, 1.82) is 0 Å². The van der Waals surface area contributed by atoms with Crippen molar-refractivity contribution in [3.8, 4) is 11.4 Å². The van der Waals surface area contributed by atoms with Crippen LogP contribution in [-0.2, 0) is 21.1 Å². The summed E-state index contributed by atoms with van der Waals surface area (Å²) in [7, 11) is 0. The Morgan fingerprint density at radius 1 is 0.700 bits per heavy atom. The molecule has 0 bridgehead atoms. The number of hydrogen-bond acceptors (Lipinski definition) is 9. The number of para-hydroxylation sites is 1. The third kappa shape index (κ3) is 3.83. The Labute approximate surface area is 184 Å². The van der Waals surface area contributed by atoms with Crippen molar-refractivity contribution in [2.45, 2.75) is 0 Å². The second kappa shape index (κ2) is 8.66. The number of hydrogen-bond donors (Lipinski definition) is 0. The Bertz CT molecular complexity index is 1130. The fourth-order valence-electron chi connectivity index (χ4n) is 2.60. The Kier molecular flexibility index (Phi) is 5.62. The van der Waals surface area contributed by atoms with Crippen molar-refractivity contribution < 1.29 is 21.1 Å². The van der Waals surface area contributed by atoms with Gasteiger partial charge < -0.3 is 0 Å². The summed E-state index contributed by atoms with van der Waals surface area (Å²) in [5, 5.41) is 24.2. The summed E-state index contributed by atoms with van der Waals surface area (Å²) in [6.07, 6.45) is 9.16. The van der Waals surface area contributed by atoms with Crippen LogP contribution in [0.3, 0.4) is 0 Å². The number of nitrogens with zero attached hydrogens (tertiary/aromatic N) is 11. The van der Waals surface area contributed by atoms with Crippen LogP contribution in [0, 0.1) is 12.1 Å². The minimum atomic E-state index is 0. The van der Waals surface area contributed by atoms with E-state index in [9.17, 15) is 0 Å². The zero-order chi connectivity index (χ0) is 19.5. The zero-order valence-electron chi connectivity index (χ0n) is 15.1. The molecule has 0 aliphatic heterocycles. The van der Waals surface area contributed by atoms with Crippen molar-refractivity contribution in [2.75, 3.05) is 4.90 Å². The van der Waals surface area contributed by atoms with Gasteiger partial charge in [-0.2, -0.15) is 20.2 Å². The molecule has 0 saturated carbocycles. The van der Waals surface area contributed by atoms with E-state index < -0.39 is 0 Å². The Hall–Kier alpha value is -3.85. The summed E-state index contributed by atoms with van der Waals surface area (Å²) in [6.45, 7) is 0. The third-order valence-electron chi connectivity index (χ3n) is 3.90. The van der Waals surface area contributed by atoms with Crippen molar-refractivity contribution in [3.63, 3.8) is 0 Å². The van der Waals surface area contributed by atoms with Gasteiger partial charge in [0.1, 0.15) is 12.7 Å². The molecule has 4 aromatic heterocycles. The first kappa shape index (κ1) is 19.5. The third-order valence-corrected chi connectivity index (χ3v) is 3.90. The molecule has 0 saturated heterocycles. The van der Waals surface area contributed by atoms with E-state index in [1.54, 1.807) is 39.3 Å². The second-order valence-corrected chi connectivity index (χ2v) is 5.69. The van der Waals surface area contributed by atoms with Crippen LogP contribution in [-0.4, -0.2) is 49.9 Å². The van der Waals surface area contributed by atoms with Crippen LogP contribution in [0.25, 0.3) is 11.4 Å². The summed E-state index contributed by atoms with van der Waals surface area (Å²) in [5.74, 6) is 0.770. The monoisotopic (exact) mass is 576 g/mol. The zero-order valence-corrected chi connectivity index (χ0v) is 17.4. The summed E-state index contributed by atoms with van der Waals surface area (Å²) in [4.78, 5) is 10.6. The SMILES string of the molecule is [Pt+2].[c-]1cnncc1-n1cnc(N(c2ccccc2)c2ncn(-c3[c-]cnnc3)n2)n1. The first-order chi connectivity index (χ1) is 14.4. The molecule has 5 rings (SSSR count). The van der Waals surface area contributed by atoms with Gasteiger partial charge in [0.2, 0.25) is 0 Å². The van der Waals surface area contributed by atoms with E-state index in [1.165, 1.54) is 12.4 Å². The second-order valence-electron chi connectivity index (χ2n) is 5.69. The molecule has 0 unspecified atom stereocenters. The van der Waals surface area contributed by atoms with Gasteiger partial charge in [-0.15, -0.1) is 10.2 Å². The van der Waals surface area contributed by atoms with E-state index >= 15 is 0 Å². The van der Waals surface area contributed by atoms with E-state index in [1.807, 2.05) is 30.3 Å². The van der Waals surface area contributed by atoms with E-state index in [-0.39, 0.29) is 21.1 Å². The molecule has 4 heterocycles. The van der Waals surface area contributed by atoms with Gasteiger partial charge in [-0.3, -0.25) is 19.6 Å². The summed E-state index contributed by atoms with van der Waals surface area (Å²) >= 11 is 0. The largest absolute Gasteiger partial charge is 2.00 e. The molecule has 11 nitrogen and oxygen atoms in total. The summed E-state index contributed by atoms with van der Waals surface area (Å²) in [5.41, 5.74) is 2.03. The van der Waals surface area contributed by atoms with Gasteiger partial charge >= 0.3 is 21.1 Å². The van der Waals surface area contributed by atoms with Crippen LogP contribution in [0.15, 0.2) is 67.8 Å². The molecule has 0 aliphatic rings. The first-order valence-corrected chi connectivity index (χ1v) is 8.44. The van der Waals surface area contributed by atoms with Crippen molar-refractivity contribution in [2.24, 2.45) is 0 Å². The molecule has 0 atom stereocenters. The normalized spacial score (nSPS) is 10.4. The van der Waals surface area contributed by atoms with Crippen molar-refractivity contribution in [3.05, 3.63) is 79.9 Å². The molecule has 0 radical (unpaired) electrons. The van der Waals surface area contributed by atoms with Gasteiger partial charge in [0.25, 0.3) is 11.9 Å². The Morgan fingerprint density at radius 2 is 1.23 bits per heavy atom. The van der Waals surface area contributed by atoms with Crippen LogP contribution >= 0.6 is 0 Å². The van der Waals surface area contributed by atoms with E-state index in [2.05, 4.69) is 52.7 Å². The Morgan fingerprint density at radius 3 is 1.70 bits per heavy atom. The molecule has 0 amide bonds. The molecular formula is C18H11N11Pt. The van der Waals surface area contributed by atoms with Gasteiger partial charge in [-0.25, -0.2) is 17.0 Å². The van der Waals surface area contributed by atoms with E-state index in [0.717, 1.165) is 5.69 Å². The van der Waals surface area contributed by atoms with Crippen molar-refractivity contribution >= 4 is 17.6 Å². The van der Waals surface area contributed by atoms with Crippen LogP contribution in [0.5, 0.6) is 0 Å². The predicted octanol–water partition coefficient (Wildman–Crippen LogP) is 1.50. The summed E-state index contributed by atoms with van der Waals surface area (Å²) in [6, 6.07) is 15.5. The molecule has 0 N–H and O–H groups in total. The molecule has 12 heteroatoms. The minimum absolute atomic E-state index is 0. The van der Waals surface area contributed by atoms with Gasteiger partial charge in [0, 0.05) is 0 Å². The predicted molar refractivity (Wildman–Crippen MR) is 99.8 cm³/mol. The average Bonchev–Trinajstić information content (AvgIpc) is 3.47. The van der Waals surface area contributed by atoms with Crippen LogP contribution < -0.4 is 4.90 Å². The summed E-state index contributed by atoms with van der Waals surface area (Å²) < 4.78 is 3.11. The van der Waals surface area contributed by atoms with Gasteiger partial charge in [-0.1, -0.05) is 42.0 Å². The smallest absolute Gasteiger partial charge is 0.256 e. The molecule has 5 aromatic rings. The quantitative estimate of drug-likeness (QED) is 0.287. The van der Waals surface area contributed by atoms with E-state index in [4.69, 9.17) is 0 Å². The fraction of sp³-hybridized carbons (Fsp3) is 0. The number of rotatable bonds is 5. The minimum Gasteiger partial charge on any atom is -0.256 e. The molecule has 1 aromatic carbocycles. The topological polar surface area (TPSA) is 116 Å².